The molecule has 1 fully saturated rings. The maximum atomic E-state index is 12.2. The fourth-order valence-corrected chi connectivity index (χ4v) is 4.10. The maximum Gasteiger partial charge on any atom is 0.276 e. The summed E-state index contributed by atoms with van der Waals surface area (Å²) in [6, 6.07) is 6.71. The zero-order valence-electron chi connectivity index (χ0n) is 12.8. The minimum absolute atomic E-state index is 0.197. The van der Waals surface area contributed by atoms with E-state index in [-0.39, 0.29) is 10.8 Å². The number of nitrogens with one attached hydrogen (secondary N) is 1. The summed E-state index contributed by atoms with van der Waals surface area (Å²) in [5, 5.41) is 3.98. The molecule has 1 aromatic rings. The monoisotopic (exact) mass is 326 g/mol. The van der Waals surface area contributed by atoms with Crippen LogP contribution in [0, 0.1) is 30.6 Å². The van der Waals surface area contributed by atoms with E-state index in [1.54, 1.807) is 30.5 Å². The molecule has 0 heterocycles. The zero-order valence-corrected chi connectivity index (χ0v) is 13.6. The van der Waals surface area contributed by atoms with Crippen molar-refractivity contribution < 1.29 is 8.42 Å². The van der Waals surface area contributed by atoms with Gasteiger partial charge in [-0.05, 0) is 42.4 Å². The van der Waals surface area contributed by atoms with Gasteiger partial charge in [-0.3, -0.25) is 0 Å². The predicted octanol–water partition coefficient (Wildman–Crippen LogP) is 2.80. The predicted molar refractivity (Wildman–Crippen MR) is 90.3 cm³/mol. The summed E-state index contributed by atoms with van der Waals surface area (Å²) >= 11 is 0. The topological polar surface area (TPSA) is 58.5 Å². The minimum atomic E-state index is -3.62. The summed E-state index contributed by atoms with van der Waals surface area (Å²) in [6.45, 7) is 1.92. The van der Waals surface area contributed by atoms with E-state index in [1.165, 1.54) is 0 Å². The molecule has 0 radical (unpaired) electrons. The van der Waals surface area contributed by atoms with E-state index in [4.69, 9.17) is 0 Å². The standard InChI is InChI=1S/C18H18N2O2S/c1-12-2-6-15(7-3-12)23(21,22)20-19-11-14-10-18-16-8-4-13(14)5-9-17(16)18/h2-11,13,16-18,20H,1H3/b19-11-/t13?,16-,17-,18?/m0/s1. The van der Waals surface area contributed by atoms with E-state index in [9.17, 15) is 8.42 Å². The van der Waals surface area contributed by atoms with Crippen molar-refractivity contribution in [2.45, 2.75) is 11.8 Å². The summed E-state index contributed by atoms with van der Waals surface area (Å²) in [4.78, 5) is 2.52. The highest BCUT2D eigenvalue weighted by Gasteiger charge is 2.47. The Labute approximate surface area is 136 Å². The van der Waals surface area contributed by atoms with E-state index < -0.39 is 10.0 Å². The molecule has 0 amide bonds. The van der Waals surface area contributed by atoms with Crippen LogP contribution in [0.25, 0.3) is 0 Å². The highest BCUT2D eigenvalue weighted by molar-refractivity contribution is 7.89. The Hall–Kier alpha value is -2.14. The molecular formula is C18H18N2O2S. The summed E-state index contributed by atoms with van der Waals surface area (Å²) in [6.07, 6.45) is 12.8. The van der Waals surface area contributed by atoms with Gasteiger partial charge >= 0.3 is 0 Å². The Kier molecular flexibility index (Phi) is 3.27. The quantitative estimate of drug-likeness (QED) is 0.525. The number of benzene rings is 1. The third-order valence-corrected chi connectivity index (χ3v) is 6.00. The molecule has 118 valence electrons. The van der Waals surface area contributed by atoms with Gasteiger partial charge in [-0.25, -0.2) is 4.83 Å². The SMILES string of the molecule is Cc1ccc(S(=O)(=O)N/N=C\C2=CC3[C@H]4C=CC2C=C[C@H]34)cc1. The van der Waals surface area contributed by atoms with Crippen molar-refractivity contribution in [2.75, 3.05) is 0 Å². The van der Waals surface area contributed by atoms with E-state index in [2.05, 4.69) is 40.3 Å². The Morgan fingerprint density at radius 3 is 2.30 bits per heavy atom. The van der Waals surface area contributed by atoms with Gasteiger partial charge in [0.25, 0.3) is 10.0 Å². The summed E-state index contributed by atoms with van der Waals surface area (Å²) in [7, 11) is -3.62. The fraction of sp³-hybridized carbons (Fsp3) is 0.278. The van der Waals surface area contributed by atoms with Crippen LogP contribution in [0.2, 0.25) is 0 Å². The van der Waals surface area contributed by atoms with Crippen LogP contribution in [-0.2, 0) is 10.0 Å². The average molecular weight is 326 g/mol. The lowest BCUT2D eigenvalue weighted by molar-refractivity contribution is 0.584. The lowest BCUT2D eigenvalue weighted by Gasteiger charge is -2.07. The first kappa shape index (κ1) is 14.5. The van der Waals surface area contributed by atoms with E-state index in [1.807, 2.05) is 6.92 Å². The van der Waals surface area contributed by atoms with Crippen LogP contribution in [0.4, 0.5) is 0 Å². The first-order valence-corrected chi connectivity index (χ1v) is 9.23. The van der Waals surface area contributed by atoms with E-state index >= 15 is 0 Å². The average Bonchev–Trinajstić information content (AvgIpc) is 3.25. The Morgan fingerprint density at radius 2 is 1.65 bits per heavy atom. The minimum Gasteiger partial charge on any atom is -0.200 e. The first-order chi connectivity index (χ1) is 11.0. The first-order valence-electron chi connectivity index (χ1n) is 7.74. The second-order valence-electron chi connectivity index (χ2n) is 6.36. The molecule has 1 aromatic carbocycles. The smallest absolute Gasteiger partial charge is 0.200 e. The summed E-state index contributed by atoms with van der Waals surface area (Å²) < 4.78 is 24.4. The molecule has 0 aliphatic heterocycles. The summed E-state index contributed by atoms with van der Waals surface area (Å²) in [5.41, 5.74) is 2.07. The normalized spacial score (nSPS) is 30.9. The second-order valence-corrected chi connectivity index (χ2v) is 8.02. The van der Waals surface area contributed by atoms with Crippen LogP contribution in [0.15, 0.2) is 70.2 Å². The van der Waals surface area contributed by atoms with Crippen LogP contribution in [0.3, 0.4) is 0 Å². The van der Waals surface area contributed by atoms with Crippen LogP contribution in [-0.4, -0.2) is 14.6 Å². The number of hydrogen-bond donors (Lipinski definition) is 1. The van der Waals surface area contributed by atoms with Crippen molar-refractivity contribution in [1.82, 2.24) is 4.83 Å². The molecule has 23 heavy (non-hydrogen) atoms. The van der Waals surface area contributed by atoms with Gasteiger partial charge in [0.15, 0.2) is 0 Å². The molecule has 0 unspecified atom stereocenters. The lowest BCUT2D eigenvalue weighted by atomic mass is 10.0. The molecule has 1 N–H and O–H groups in total. The second kappa shape index (κ2) is 5.20. The molecule has 4 nitrogen and oxygen atoms in total. The largest absolute Gasteiger partial charge is 0.276 e. The van der Waals surface area contributed by atoms with E-state index in [0.29, 0.717) is 17.8 Å². The molecule has 5 rings (SSSR count). The molecule has 1 saturated carbocycles. The summed E-state index contributed by atoms with van der Waals surface area (Å²) in [5.74, 6) is 1.98. The van der Waals surface area contributed by atoms with Crippen LogP contribution >= 0.6 is 0 Å². The van der Waals surface area contributed by atoms with Gasteiger partial charge in [0.1, 0.15) is 0 Å². The van der Waals surface area contributed by atoms with Crippen molar-refractivity contribution in [2.24, 2.45) is 28.8 Å². The molecule has 2 atom stereocenters. The molecule has 0 aromatic heterocycles. The fourth-order valence-electron chi connectivity index (χ4n) is 3.31. The Morgan fingerprint density at radius 1 is 1.00 bits per heavy atom. The number of aryl methyl sites for hydroxylation is 1. The molecule has 4 aliphatic rings. The van der Waals surface area contributed by atoms with Crippen molar-refractivity contribution in [3.63, 3.8) is 0 Å². The van der Waals surface area contributed by atoms with Gasteiger partial charge in [0, 0.05) is 5.92 Å². The highest BCUT2D eigenvalue weighted by Crippen LogP contribution is 2.53. The van der Waals surface area contributed by atoms with Crippen molar-refractivity contribution in [1.29, 1.82) is 0 Å². The third kappa shape index (κ3) is 2.65. The Bertz CT molecular complexity index is 828. The van der Waals surface area contributed by atoms with Crippen molar-refractivity contribution in [3.8, 4) is 0 Å². The molecule has 5 heteroatoms. The van der Waals surface area contributed by atoms with Gasteiger partial charge in [-0.2, -0.15) is 13.5 Å². The molecule has 0 saturated heterocycles. The highest BCUT2D eigenvalue weighted by atomic mass is 32.2. The van der Waals surface area contributed by atoms with Gasteiger partial charge in [0.05, 0.1) is 11.1 Å². The maximum absolute atomic E-state index is 12.2. The zero-order chi connectivity index (χ0) is 16.0. The third-order valence-electron chi connectivity index (χ3n) is 4.76. The van der Waals surface area contributed by atoms with Gasteiger partial charge in [-0.1, -0.05) is 48.1 Å². The number of allylic oxidation sites excluding steroid dienone is 6. The molecule has 0 spiro atoms. The number of nitrogens with zero attached hydrogens (tertiary/aromatic N) is 1. The van der Waals surface area contributed by atoms with Crippen LogP contribution in [0.5, 0.6) is 0 Å². The van der Waals surface area contributed by atoms with Gasteiger partial charge in [-0.15, -0.1) is 0 Å². The Balaban J connectivity index is 1.51. The number of sulfonamides is 1. The molecule has 4 aliphatic carbocycles. The van der Waals surface area contributed by atoms with Crippen LogP contribution < -0.4 is 4.83 Å². The lowest BCUT2D eigenvalue weighted by Crippen LogP contribution is -2.18. The van der Waals surface area contributed by atoms with Crippen LogP contribution in [0.1, 0.15) is 5.56 Å². The van der Waals surface area contributed by atoms with Crippen molar-refractivity contribution in [3.05, 3.63) is 65.8 Å². The van der Waals surface area contributed by atoms with Gasteiger partial charge < -0.3 is 0 Å². The van der Waals surface area contributed by atoms with Gasteiger partial charge in [0.2, 0.25) is 0 Å². The van der Waals surface area contributed by atoms with E-state index in [0.717, 1.165) is 11.1 Å². The van der Waals surface area contributed by atoms with Crippen molar-refractivity contribution >= 4 is 16.2 Å². The number of rotatable bonds is 4. The number of hydrazone groups is 1. The number of hydrogen-bond acceptors (Lipinski definition) is 3. The molecule has 4 bridgehead atoms. The molecular weight excluding hydrogens is 308 g/mol.